The highest BCUT2D eigenvalue weighted by Crippen LogP contribution is 2.38. The maximum absolute atomic E-state index is 14.3. The molecule has 3 heteroatoms. The maximum Gasteiger partial charge on any atom is 0.201 e. The standard InChI is InChI=1S/C23H26F2O/c1-3-4-5-16-6-8-17(9-7-16)18-10-12-19(13-11-18)20-14-15-21(26-2)23(25)22(20)24/h3,10-17H,1,4-9H2,2H3. The van der Waals surface area contributed by atoms with E-state index < -0.39 is 11.6 Å². The molecule has 0 radical (unpaired) electrons. The van der Waals surface area contributed by atoms with Crippen LogP contribution in [0.5, 0.6) is 5.75 Å². The fraction of sp³-hybridized carbons (Fsp3) is 0.391. The molecule has 1 aliphatic carbocycles. The molecule has 0 amide bonds. The average Bonchev–Trinajstić information content (AvgIpc) is 2.69. The molecule has 1 aliphatic rings. The lowest BCUT2D eigenvalue weighted by atomic mass is 9.77. The van der Waals surface area contributed by atoms with Crippen LogP contribution < -0.4 is 4.74 Å². The Morgan fingerprint density at radius 2 is 1.69 bits per heavy atom. The number of benzene rings is 2. The second-order valence-electron chi connectivity index (χ2n) is 7.15. The van der Waals surface area contributed by atoms with E-state index in [0.717, 1.165) is 12.3 Å². The van der Waals surface area contributed by atoms with Gasteiger partial charge in [-0.15, -0.1) is 6.58 Å². The SMILES string of the molecule is C=CCCC1CCC(c2ccc(-c3ccc(OC)c(F)c3F)cc2)CC1. The summed E-state index contributed by atoms with van der Waals surface area (Å²) in [6.07, 6.45) is 9.29. The molecule has 1 fully saturated rings. The minimum absolute atomic E-state index is 0.0731. The van der Waals surface area contributed by atoms with Crippen molar-refractivity contribution in [3.8, 4) is 16.9 Å². The third-order valence-corrected chi connectivity index (χ3v) is 5.59. The smallest absolute Gasteiger partial charge is 0.201 e. The number of allylic oxidation sites excluding steroid dienone is 1. The summed E-state index contributed by atoms with van der Waals surface area (Å²) in [6, 6.07) is 10.9. The van der Waals surface area contributed by atoms with Gasteiger partial charge in [-0.05, 0) is 73.6 Å². The fourth-order valence-electron chi connectivity index (χ4n) is 3.99. The van der Waals surface area contributed by atoms with Crippen LogP contribution in [0.25, 0.3) is 11.1 Å². The lowest BCUT2D eigenvalue weighted by Gasteiger charge is -2.28. The first-order valence-corrected chi connectivity index (χ1v) is 9.37. The van der Waals surface area contributed by atoms with E-state index in [-0.39, 0.29) is 11.3 Å². The van der Waals surface area contributed by atoms with Gasteiger partial charge >= 0.3 is 0 Å². The van der Waals surface area contributed by atoms with Gasteiger partial charge in [0, 0.05) is 5.56 Å². The Labute approximate surface area is 154 Å². The predicted octanol–water partition coefficient (Wildman–Crippen LogP) is 6.88. The maximum atomic E-state index is 14.3. The molecule has 3 rings (SSSR count). The van der Waals surface area contributed by atoms with Gasteiger partial charge in [-0.1, -0.05) is 30.3 Å². The topological polar surface area (TPSA) is 9.23 Å². The lowest BCUT2D eigenvalue weighted by Crippen LogP contribution is -2.13. The van der Waals surface area contributed by atoms with Crippen LogP contribution in [0.3, 0.4) is 0 Å². The zero-order chi connectivity index (χ0) is 18.5. The van der Waals surface area contributed by atoms with E-state index in [1.165, 1.54) is 50.8 Å². The van der Waals surface area contributed by atoms with Crippen LogP contribution in [0.2, 0.25) is 0 Å². The Morgan fingerprint density at radius 3 is 2.31 bits per heavy atom. The molecule has 0 spiro atoms. The molecule has 1 nitrogen and oxygen atoms in total. The zero-order valence-electron chi connectivity index (χ0n) is 15.3. The van der Waals surface area contributed by atoms with Crippen molar-refractivity contribution < 1.29 is 13.5 Å². The molecule has 0 atom stereocenters. The molecule has 2 aromatic rings. The van der Waals surface area contributed by atoms with Crippen LogP contribution in [-0.4, -0.2) is 7.11 Å². The highest BCUT2D eigenvalue weighted by Gasteiger charge is 2.22. The minimum Gasteiger partial charge on any atom is -0.494 e. The van der Waals surface area contributed by atoms with E-state index in [4.69, 9.17) is 4.74 Å². The van der Waals surface area contributed by atoms with Crippen LogP contribution in [0.1, 0.15) is 50.0 Å². The van der Waals surface area contributed by atoms with Crippen LogP contribution in [-0.2, 0) is 0 Å². The first-order valence-electron chi connectivity index (χ1n) is 9.37. The van der Waals surface area contributed by atoms with E-state index in [1.807, 2.05) is 18.2 Å². The second-order valence-corrected chi connectivity index (χ2v) is 7.15. The summed E-state index contributed by atoms with van der Waals surface area (Å²) in [7, 11) is 1.33. The van der Waals surface area contributed by atoms with E-state index in [9.17, 15) is 8.78 Å². The Bertz CT molecular complexity index is 744. The lowest BCUT2D eigenvalue weighted by molar-refractivity contribution is 0.312. The minimum atomic E-state index is -0.938. The highest BCUT2D eigenvalue weighted by molar-refractivity contribution is 5.65. The van der Waals surface area contributed by atoms with Crippen molar-refractivity contribution in [2.45, 2.75) is 44.4 Å². The van der Waals surface area contributed by atoms with Gasteiger partial charge < -0.3 is 4.74 Å². The molecule has 0 heterocycles. The van der Waals surface area contributed by atoms with Crippen molar-refractivity contribution in [2.24, 2.45) is 5.92 Å². The number of hydrogen-bond donors (Lipinski definition) is 0. The van der Waals surface area contributed by atoms with Crippen LogP contribution in [0, 0.1) is 17.6 Å². The van der Waals surface area contributed by atoms with Crippen molar-refractivity contribution in [3.05, 3.63) is 66.3 Å². The summed E-state index contributed by atoms with van der Waals surface area (Å²) in [5.74, 6) is -0.482. The molecular formula is C23H26F2O. The molecule has 0 unspecified atom stereocenters. The van der Waals surface area contributed by atoms with Crippen LogP contribution in [0.15, 0.2) is 49.1 Å². The number of ether oxygens (including phenoxy) is 1. The first-order chi connectivity index (χ1) is 12.6. The van der Waals surface area contributed by atoms with E-state index in [2.05, 4.69) is 18.7 Å². The van der Waals surface area contributed by atoms with Gasteiger partial charge in [-0.2, -0.15) is 4.39 Å². The summed E-state index contributed by atoms with van der Waals surface area (Å²) in [5, 5.41) is 0. The van der Waals surface area contributed by atoms with Gasteiger partial charge in [0.1, 0.15) is 0 Å². The van der Waals surface area contributed by atoms with Gasteiger partial charge in [0.05, 0.1) is 7.11 Å². The van der Waals surface area contributed by atoms with Gasteiger partial charge in [0.15, 0.2) is 11.6 Å². The molecule has 0 saturated heterocycles. The molecule has 26 heavy (non-hydrogen) atoms. The van der Waals surface area contributed by atoms with E-state index in [0.29, 0.717) is 11.5 Å². The van der Waals surface area contributed by atoms with Crippen molar-refractivity contribution in [1.82, 2.24) is 0 Å². The summed E-state index contributed by atoms with van der Waals surface area (Å²) in [4.78, 5) is 0. The normalized spacial score (nSPS) is 20.0. The van der Waals surface area contributed by atoms with Crippen LogP contribution in [0.4, 0.5) is 8.78 Å². The number of rotatable bonds is 6. The van der Waals surface area contributed by atoms with Crippen LogP contribution >= 0.6 is 0 Å². The Hall–Kier alpha value is -2.16. The quantitative estimate of drug-likeness (QED) is 0.513. The molecule has 2 aromatic carbocycles. The summed E-state index contributed by atoms with van der Waals surface area (Å²) >= 11 is 0. The zero-order valence-corrected chi connectivity index (χ0v) is 15.3. The Morgan fingerprint density at radius 1 is 1.00 bits per heavy atom. The predicted molar refractivity (Wildman–Crippen MR) is 102 cm³/mol. The second kappa shape index (κ2) is 8.48. The Balaban J connectivity index is 1.70. The molecule has 138 valence electrons. The largest absolute Gasteiger partial charge is 0.494 e. The average molecular weight is 356 g/mol. The van der Waals surface area contributed by atoms with Crippen molar-refractivity contribution >= 4 is 0 Å². The van der Waals surface area contributed by atoms with Gasteiger partial charge in [-0.3, -0.25) is 0 Å². The molecule has 1 saturated carbocycles. The molecular weight excluding hydrogens is 330 g/mol. The summed E-state index contributed by atoms with van der Waals surface area (Å²) < 4.78 is 33.0. The third-order valence-electron chi connectivity index (χ3n) is 5.59. The molecule has 0 aliphatic heterocycles. The third kappa shape index (κ3) is 3.98. The summed E-state index contributed by atoms with van der Waals surface area (Å²) in [6.45, 7) is 3.80. The van der Waals surface area contributed by atoms with Crippen molar-refractivity contribution in [2.75, 3.05) is 7.11 Å². The van der Waals surface area contributed by atoms with Gasteiger partial charge in [0.25, 0.3) is 0 Å². The van der Waals surface area contributed by atoms with E-state index >= 15 is 0 Å². The number of hydrogen-bond acceptors (Lipinski definition) is 1. The molecule has 0 N–H and O–H groups in total. The molecule has 0 aromatic heterocycles. The van der Waals surface area contributed by atoms with Gasteiger partial charge in [-0.25, -0.2) is 4.39 Å². The fourth-order valence-corrected chi connectivity index (χ4v) is 3.99. The Kier molecular flexibility index (Phi) is 6.08. The van der Waals surface area contributed by atoms with E-state index in [1.54, 1.807) is 6.07 Å². The van der Waals surface area contributed by atoms with Crippen molar-refractivity contribution in [1.29, 1.82) is 0 Å². The summed E-state index contributed by atoms with van der Waals surface area (Å²) in [5.41, 5.74) is 2.25. The number of halogens is 2. The molecule has 0 bridgehead atoms. The van der Waals surface area contributed by atoms with Gasteiger partial charge in [0.2, 0.25) is 5.82 Å². The number of methoxy groups -OCH3 is 1. The van der Waals surface area contributed by atoms with Crippen molar-refractivity contribution in [3.63, 3.8) is 0 Å². The monoisotopic (exact) mass is 356 g/mol. The first kappa shape index (κ1) is 18.6. The highest BCUT2D eigenvalue weighted by atomic mass is 19.2.